The third kappa shape index (κ3) is 4.10. The Hall–Kier alpha value is -2.76. The van der Waals surface area contributed by atoms with Gasteiger partial charge in [-0.3, -0.25) is 0 Å². The van der Waals surface area contributed by atoms with E-state index >= 15 is 0 Å². The highest BCUT2D eigenvalue weighted by atomic mass is 19.1. The van der Waals surface area contributed by atoms with Crippen molar-refractivity contribution in [3.63, 3.8) is 0 Å². The molecule has 2 aromatic rings. The summed E-state index contributed by atoms with van der Waals surface area (Å²) in [6, 6.07) is 10.6. The minimum Gasteiger partial charge on any atom is -0.508 e. The number of rotatable bonds is 4. The molecular weight excluding hydrogens is 273 g/mol. The van der Waals surface area contributed by atoms with Gasteiger partial charge in [-0.1, -0.05) is 0 Å². The SMILES string of the molecule is CNC(=O)Nc1ccc(NCc2cc(F)ccc2O)cc1. The second-order valence-electron chi connectivity index (χ2n) is 4.41. The van der Waals surface area contributed by atoms with Crippen molar-refractivity contribution in [3.8, 4) is 5.75 Å². The minimum absolute atomic E-state index is 0.0433. The van der Waals surface area contributed by atoms with Gasteiger partial charge < -0.3 is 21.1 Å². The van der Waals surface area contributed by atoms with Crippen LogP contribution in [0.1, 0.15) is 5.56 Å². The molecule has 0 aromatic heterocycles. The quantitative estimate of drug-likeness (QED) is 0.699. The molecule has 0 aliphatic rings. The maximum Gasteiger partial charge on any atom is 0.318 e. The fourth-order valence-corrected chi connectivity index (χ4v) is 1.76. The Kier molecular flexibility index (Phi) is 4.61. The molecule has 0 unspecified atom stereocenters. The van der Waals surface area contributed by atoms with Crippen molar-refractivity contribution in [1.82, 2.24) is 5.32 Å². The molecule has 2 rings (SSSR count). The molecule has 0 atom stereocenters. The predicted molar refractivity (Wildman–Crippen MR) is 79.9 cm³/mol. The maximum absolute atomic E-state index is 13.1. The van der Waals surface area contributed by atoms with Gasteiger partial charge in [0.1, 0.15) is 11.6 Å². The largest absolute Gasteiger partial charge is 0.508 e. The standard InChI is InChI=1S/C15H16FN3O2/c1-17-15(21)19-13-5-3-12(4-6-13)18-9-10-8-11(16)2-7-14(10)20/h2-8,18,20H,9H2,1H3,(H2,17,19,21). The average molecular weight is 289 g/mol. The van der Waals surface area contributed by atoms with E-state index < -0.39 is 5.82 Å². The Morgan fingerprint density at radius 2 is 1.81 bits per heavy atom. The molecule has 0 heterocycles. The highest BCUT2D eigenvalue weighted by molar-refractivity contribution is 5.89. The molecule has 0 bridgehead atoms. The molecule has 0 radical (unpaired) electrons. The number of phenols is 1. The van der Waals surface area contributed by atoms with Crippen LogP contribution in [-0.4, -0.2) is 18.2 Å². The van der Waals surface area contributed by atoms with E-state index in [9.17, 15) is 14.3 Å². The Labute approximate surface area is 121 Å². The molecule has 5 nitrogen and oxygen atoms in total. The number of nitrogens with one attached hydrogen (secondary N) is 3. The highest BCUT2D eigenvalue weighted by Gasteiger charge is 2.03. The minimum atomic E-state index is -0.394. The first-order valence-electron chi connectivity index (χ1n) is 6.38. The van der Waals surface area contributed by atoms with Gasteiger partial charge in [-0.25, -0.2) is 9.18 Å². The fourth-order valence-electron chi connectivity index (χ4n) is 1.76. The lowest BCUT2D eigenvalue weighted by Crippen LogP contribution is -2.24. The van der Waals surface area contributed by atoms with Gasteiger partial charge >= 0.3 is 6.03 Å². The zero-order valence-electron chi connectivity index (χ0n) is 11.5. The van der Waals surface area contributed by atoms with E-state index in [1.54, 1.807) is 24.3 Å². The summed E-state index contributed by atoms with van der Waals surface area (Å²) < 4.78 is 13.1. The highest BCUT2D eigenvalue weighted by Crippen LogP contribution is 2.20. The molecule has 21 heavy (non-hydrogen) atoms. The van der Waals surface area contributed by atoms with Gasteiger partial charge in [0, 0.05) is 30.5 Å². The molecule has 2 aromatic carbocycles. The van der Waals surface area contributed by atoms with Gasteiger partial charge in [0.2, 0.25) is 0 Å². The maximum atomic E-state index is 13.1. The van der Waals surface area contributed by atoms with Crippen LogP contribution in [0.2, 0.25) is 0 Å². The summed E-state index contributed by atoms with van der Waals surface area (Å²) in [5.74, 6) is -0.350. The summed E-state index contributed by atoms with van der Waals surface area (Å²) >= 11 is 0. The summed E-state index contributed by atoms with van der Waals surface area (Å²) in [6.45, 7) is 0.297. The number of urea groups is 1. The van der Waals surface area contributed by atoms with Crippen LogP contribution in [0.4, 0.5) is 20.6 Å². The molecule has 0 spiro atoms. The first-order valence-corrected chi connectivity index (χ1v) is 6.38. The lowest BCUT2D eigenvalue weighted by atomic mass is 10.2. The van der Waals surface area contributed by atoms with E-state index in [0.29, 0.717) is 17.8 Å². The number of phenolic OH excluding ortho intramolecular Hbond substituents is 1. The number of carbonyl (C=O) groups excluding carboxylic acids is 1. The summed E-state index contributed by atoms with van der Waals surface area (Å²) in [7, 11) is 1.54. The van der Waals surface area contributed by atoms with E-state index in [1.807, 2.05) is 0 Å². The zero-order chi connectivity index (χ0) is 15.2. The average Bonchev–Trinajstić information content (AvgIpc) is 2.49. The third-order valence-electron chi connectivity index (χ3n) is 2.89. The first-order chi connectivity index (χ1) is 10.1. The van der Waals surface area contributed by atoms with Crippen molar-refractivity contribution < 1.29 is 14.3 Å². The molecule has 0 aliphatic carbocycles. The molecule has 4 N–H and O–H groups in total. The van der Waals surface area contributed by atoms with Gasteiger partial charge in [-0.2, -0.15) is 0 Å². The van der Waals surface area contributed by atoms with E-state index in [0.717, 1.165) is 5.69 Å². The summed E-state index contributed by atoms with van der Waals surface area (Å²) in [4.78, 5) is 11.1. The van der Waals surface area contributed by atoms with Crippen molar-refractivity contribution in [3.05, 3.63) is 53.8 Å². The molecule has 0 fully saturated rings. The Bertz CT molecular complexity index is 629. The Morgan fingerprint density at radius 3 is 2.48 bits per heavy atom. The van der Waals surface area contributed by atoms with Crippen molar-refractivity contribution >= 4 is 17.4 Å². The van der Waals surface area contributed by atoms with Crippen molar-refractivity contribution in [2.24, 2.45) is 0 Å². The topological polar surface area (TPSA) is 73.4 Å². The molecule has 0 aliphatic heterocycles. The van der Waals surface area contributed by atoms with Crippen LogP contribution in [0.5, 0.6) is 5.75 Å². The van der Waals surface area contributed by atoms with E-state index in [1.165, 1.54) is 25.2 Å². The normalized spacial score (nSPS) is 10.0. The zero-order valence-corrected chi connectivity index (χ0v) is 11.5. The van der Waals surface area contributed by atoms with Crippen LogP contribution in [0.3, 0.4) is 0 Å². The third-order valence-corrected chi connectivity index (χ3v) is 2.89. The fraction of sp³-hybridized carbons (Fsp3) is 0.133. The summed E-state index contributed by atoms with van der Waals surface area (Å²) in [5.41, 5.74) is 1.93. The van der Waals surface area contributed by atoms with Gasteiger partial charge in [0.25, 0.3) is 0 Å². The molecule has 0 saturated heterocycles. The summed E-state index contributed by atoms with van der Waals surface area (Å²) in [5, 5.41) is 17.8. The number of anilines is 2. The Balaban J connectivity index is 1.97. The van der Waals surface area contributed by atoms with Crippen LogP contribution in [-0.2, 0) is 6.54 Å². The van der Waals surface area contributed by atoms with Crippen LogP contribution in [0.25, 0.3) is 0 Å². The second-order valence-corrected chi connectivity index (χ2v) is 4.41. The van der Waals surface area contributed by atoms with E-state index in [-0.39, 0.29) is 11.8 Å². The van der Waals surface area contributed by atoms with E-state index in [4.69, 9.17) is 0 Å². The second kappa shape index (κ2) is 6.60. The summed E-state index contributed by atoms with van der Waals surface area (Å²) in [6.07, 6.45) is 0. The molecule has 0 saturated carbocycles. The molecule has 110 valence electrons. The van der Waals surface area contributed by atoms with Gasteiger partial charge in [0.15, 0.2) is 0 Å². The van der Waals surface area contributed by atoms with Crippen LogP contribution in [0.15, 0.2) is 42.5 Å². The predicted octanol–water partition coefficient (Wildman–Crippen LogP) is 2.89. The number of amides is 2. The Morgan fingerprint density at radius 1 is 1.14 bits per heavy atom. The van der Waals surface area contributed by atoms with Crippen molar-refractivity contribution in [2.75, 3.05) is 17.7 Å². The number of aromatic hydroxyl groups is 1. The van der Waals surface area contributed by atoms with Gasteiger partial charge in [-0.05, 0) is 42.5 Å². The van der Waals surface area contributed by atoms with Crippen LogP contribution >= 0.6 is 0 Å². The number of hydrogen-bond donors (Lipinski definition) is 4. The molecule has 2 amide bonds. The number of benzene rings is 2. The lowest BCUT2D eigenvalue weighted by Gasteiger charge is -2.09. The monoisotopic (exact) mass is 289 g/mol. The van der Waals surface area contributed by atoms with Gasteiger partial charge in [-0.15, -0.1) is 0 Å². The van der Waals surface area contributed by atoms with Crippen molar-refractivity contribution in [1.29, 1.82) is 0 Å². The lowest BCUT2D eigenvalue weighted by molar-refractivity contribution is 0.254. The van der Waals surface area contributed by atoms with E-state index in [2.05, 4.69) is 16.0 Å². The van der Waals surface area contributed by atoms with Crippen LogP contribution in [0, 0.1) is 5.82 Å². The van der Waals surface area contributed by atoms with Crippen LogP contribution < -0.4 is 16.0 Å². The van der Waals surface area contributed by atoms with Gasteiger partial charge in [0.05, 0.1) is 0 Å². The smallest absolute Gasteiger partial charge is 0.318 e. The number of halogens is 1. The number of carbonyl (C=O) groups is 1. The molecular formula is C15H16FN3O2. The first kappa shape index (κ1) is 14.6. The number of hydrogen-bond acceptors (Lipinski definition) is 3. The van der Waals surface area contributed by atoms with Crippen molar-refractivity contribution in [2.45, 2.75) is 6.54 Å². The molecule has 6 heteroatoms.